The van der Waals surface area contributed by atoms with Crippen LogP contribution in [0.2, 0.25) is 5.02 Å². The zero-order valence-corrected chi connectivity index (χ0v) is 12.3. The lowest BCUT2D eigenvalue weighted by Crippen LogP contribution is -2.12. The van der Waals surface area contributed by atoms with Gasteiger partial charge in [0.1, 0.15) is 17.3 Å². The summed E-state index contributed by atoms with van der Waals surface area (Å²) in [7, 11) is 0. The summed E-state index contributed by atoms with van der Waals surface area (Å²) in [5, 5.41) is 3.36. The largest absolute Gasteiger partial charge is 0.457 e. The Bertz CT molecular complexity index is 601. The maximum absolute atomic E-state index is 13.4. The van der Waals surface area contributed by atoms with Crippen LogP contribution in [0.5, 0.6) is 11.5 Å². The smallest absolute Gasteiger partial charge is 0.145 e. The van der Waals surface area contributed by atoms with Crippen LogP contribution in [0.4, 0.5) is 4.39 Å². The minimum Gasteiger partial charge on any atom is -0.457 e. The molecular formula is C16H17ClFNO. The van der Waals surface area contributed by atoms with Gasteiger partial charge in [-0.1, -0.05) is 36.2 Å². The first-order valence-electron chi connectivity index (χ1n) is 6.53. The van der Waals surface area contributed by atoms with Crippen LogP contribution >= 0.6 is 11.6 Å². The Kier molecular flexibility index (Phi) is 4.99. The lowest BCUT2D eigenvalue weighted by Gasteiger charge is -2.12. The van der Waals surface area contributed by atoms with E-state index < -0.39 is 5.82 Å². The zero-order valence-electron chi connectivity index (χ0n) is 11.5. The zero-order chi connectivity index (χ0) is 14.5. The van der Waals surface area contributed by atoms with Crippen molar-refractivity contribution in [2.75, 3.05) is 6.54 Å². The van der Waals surface area contributed by atoms with Gasteiger partial charge < -0.3 is 10.1 Å². The molecule has 0 aromatic heterocycles. The molecule has 0 atom stereocenters. The number of aryl methyl sites for hydroxylation is 1. The summed E-state index contributed by atoms with van der Waals surface area (Å²) in [6.07, 6.45) is 0. The van der Waals surface area contributed by atoms with Gasteiger partial charge in [-0.2, -0.15) is 0 Å². The van der Waals surface area contributed by atoms with Gasteiger partial charge in [-0.25, -0.2) is 4.39 Å². The molecule has 106 valence electrons. The van der Waals surface area contributed by atoms with Crippen molar-refractivity contribution in [1.29, 1.82) is 0 Å². The Morgan fingerprint density at radius 3 is 2.70 bits per heavy atom. The number of hydrogen-bond acceptors (Lipinski definition) is 2. The van der Waals surface area contributed by atoms with Crippen molar-refractivity contribution in [3.63, 3.8) is 0 Å². The number of benzene rings is 2. The minimum absolute atomic E-state index is 0.0918. The molecule has 0 saturated carbocycles. The van der Waals surface area contributed by atoms with Gasteiger partial charge in [0.05, 0.1) is 5.02 Å². The molecule has 20 heavy (non-hydrogen) atoms. The molecule has 2 rings (SSSR count). The molecule has 0 heterocycles. The molecule has 0 aliphatic heterocycles. The van der Waals surface area contributed by atoms with E-state index in [1.165, 1.54) is 12.1 Å². The van der Waals surface area contributed by atoms with Crippen molar-refractivity contribution in [2.45, 2.75) is 20.4 Å². The van der Waals surface area contributed by atoms with E-state index in [1.54, 1.807) is 6.07 Å². The van der Waals surface area contributed by atoms with E-state index in [1.807, 2.05) is 26.0 Å². The molecule has 0 saturated heterocycles. The molecule has 0 aliphatic rings. The van der Waals surface area contributed by atoms with Crippen molar-refractivity contribution in [2.24, 2.45) is 0 Å². The number of rotatable bonds is 5. The van der Waals surface area contributed by atoms with Crippen molar-refractivity contribution >= 4 is 11.6 Å². The summed E-state index contributed by atoms with van der Waals surface area (Å²) in [4.78, 5) is 0. The van der Waals surface area contributed by atoms with Crippen LogP contribution in [0.15, 0.2) is 36.4 Å². The van der Waals surface area contributed by atoms with Gasteiger partial charge in [0.2, 0.25) is 0 Å². The quantitative estimate of drug-likeness (QED) is 0.863. The normalized spacial score (nSPS) is 10.6. The maximum atomic E-state index is 13.4. The van der Waals surface area contributed by atoms with Gasteiger partial charge >= 0.3 is 0 Å². The Morgan fingerprint density at radius 1 is 1.20 bits per heavy atom. The molecule has 0 amide bonds. The third-order valence-electron chi connectivity index (χ3n) is 2.90. The van der Waals surface area contributed by atoms with E-state index in [9.17, 15) is 4.39 Å². The lowest BCUT2D eigenvalue weighted by atomic mass is 10.1. The van der Waals surface area contributed by atoms with Crippen LogP contribution < -0.4 is 10.1 Å². The second-order valence-corrected chi connectivity index (χ2v) is 4.98. The summed E-state index contributed by atoms with van der Waals surface area (Å²) < 4.78 is 19.2. The van der Waals surface area contributed by atoms with Crippen LogP contribution in [0.1, 0.15) is 18.1 Å². The topological polar surface area (TPSA) is 21.3 Å². The summed E-state index contributed by atoms with van der Waals surface area (Å²) in [6, 6.07) is 10.4. The molecule has 0 unspecified atom stereocenters. The molecule has 0 fully saturated rings. The Morgan fingerprint density at radius 2 is 2.00 bits per heavy atom. The Labute approximate surface area is 123 Å². The average molecular weight is 294 g/mol. The van der Waals surface area contributed by atoms with E-state index in [4.69, 9.17) is 16.3 Å². The molecule has 4 heteroatoms. The first-order chi connectivity index (χ1) is 9.60. The highest BCUT2D eigenvalue weighted by Crippen LogP contribution is 2.28. The van der Waals surface area contributed by atoms with Gasteiger partial charge in [-0.05, 0) is 31.7 Å². The summed E-state index contributed by atoms with van der Waals surface area (Å²) in [5.74, 6) is 0.677. The molecule has 2 nitrogen and oxygen atoms in total. The highest BCUT2D eigenvalue weighted by atomic mass is 35.5. The SMILES string of the molecule is CCNCc1cc(C)ccc1Oc1ccc(Cl)c(F)c1. The summed E-state index contributed by atoms with van der Waals surface area (Å²) in [6.45, 7) is 5.67. The minimum atomic E-state index is -0.482. The lowest BCUT2D eigenvalue weighted by molar-refractivity contribution is 0.468. The van der Waals surface area contributed by atoms with Gasteiger partial charge in [0.25, 0.3) is 0 Å². The fourth-order valence-electron chi connectivity index (χ4n) is 1.87. The van der Waals surface area contributed by atoms with Crippen LogP contribution in [-0.4, -0.2) is 6.54 Å². The first kappa shape index (κ1) is 14.8. The molecule has 0 radical (unpaired) electrons. The van der Waals surface area contributed by atoms with Crippen molar-refractivity contribution in [3.05, 3.63) is 58.4 Å². The Balaban J connectivity index is 2.25. The van der Waals surface area contributed by atoms with Gasteiger partial charge in [0, 0.05) is 18.2 Å². The van der Waals surface area contributed by atoms with Crippen molar-refractivity contribution in [1.82, 2.24) is 5.32 Å². The monoisotopic (exact) mass is 293 g/mol. The fraction of sp³-hybridized carbons (Fsp3) is 0.250. The Hall–Kier alpha value is -1.58. The number of nitrogens with one attached hydrogen (secondary N) is 1. The molecule has 2 aromatic carbocycles. The third kappa shape index (κ3) is 3.71. The van der Waals surface area contributed by atoms with Crippen LogP contribution in [0.3, 0.4) is 0 Å². The second-order valence-electron chi connectivity index (χ2n) is 4.57. The third-order valence-corrected chi connectivity index (χ3v) is 3.21. The molecule has 0 spiro atoms. The standard InChI is InChI=1S/C16H17ClFNO/c1-3-19-10-12-8-11(2)4-7-16(12)20-13-5-6-14(17)15(18)9-13/h4-9,19H,3,10H2,1-2H3. The van der Waals surface area contributed by atoms with E-state index in [-0.39, 0.29) is 5.02 Å². The van der Waals surface area contributed by atoms with Crippen LogP contribution in [0.25, 0.3) is 0 Å². The maximum Gasteiger partial charge on any atom is 0.145 e. The van der Waals surface area contributed by atoms with Crippen LogP contribution in [-0.2, 0) is 6.54 Å². The fourth-order valence-corrected chi connectivity index (χ4v) is 1.99. The molecule has 2 aromatic rings. The summed E-state index contributed by atoms with van der Waals surface area (Å²) in [5.41, 5.74) is 2.20. The van der Waals surface area contributed by atoms with Gasteiger partial charge in [-0.3, -0.25) is 0 Å². The summed E-state index contributed by atoms with van der Waals surface area (Å²) >= 11 is 5.66. The highest BCUT2D eigenvalue weighted by molar-refractivity contribution is 6.30. The van der Waals surface area contributed by atoms with Crippen LogP contribution in [0, 0.1) is 12.7 Å². The number of halogens is 2. The first-order valence-corrected chi connectivity index (χ1v) is 6.91. The van der Waals surface area contributed by atoms with E-state index in [0.717, 1.165) is 23.4 Å². The molecular weight excluding hydrogens is 277 g/mol. The number of ether oxygens (including phenoxy) is 1. The average Bonchev–Trinajstić information content (AvgIpc) is 2.43. The van der Waals surface area contributed by atoms with Crippen molar-refractivity contribution < 1.29 is 9.13 Å². The number of hydrogen-bond donors (Lipinski definition) is 1. The predicted molar refractivity (Wildman–Crippen MR) is 80.0 cm³/mol. The van der Waals surface area contributed by atoms with Gasteiger partial charge in [0.15, 0.2) is 0 Å². The molecule has 0 aliphatic carbocycles. The van der Waals surface area contributed by atoms with E-state index in [0.29, 0.717) is 12.3 Å². The van der Waals surface area contributed by atoms with E-state index in [2.05, 4.69) is 11.4 Å². The second kappa shape index (κ2) is 6.73. The van der Waals surface area contributed by atoms with Gasteiger partial charge in [-0.15, -0.1) is 0 Å². The molecule has 0 bridgehead atoms. The van der Waals surface area contributed by atoms with Crippen molar-refractivity contribution in [3.8, 4) is 11.5 Å². The highest BCUT2D eigenvalue weighted by Gasteiger charge is 2.07. The predicted octanol–water partition coefficient (Wildman–Crippen LogP) is 4.69. The van der Waals surface area contributed by atoms with E-state index >= 15 is 0 Å². The molecule has 1 N–H and O–H groups in total.